The molecular formula is C23H26O3. The predicted octanol–water partition coefficient (Wildman–Crippen LogP) is 6.04. The van der Waals surface area contributed by atoms with Crippen LogP contribution >= 0.6 is 0 Å². The summed E-state index contributed by atoms with van der Waals surface area (Å²) in [7, 11) is 0. The summed E-state index contributed by atoms with van der Waals surface area (Å²) < 4.78 is 5.89. The highest BCUT2D eigenvalue weighted by molar-refractivity contribution is 5.87. The summed E-state index contributed by atoms with van der Waals surface area (Å²) >= 11 is 0. The number of hydrogen-bond acceptors (Lipinski definition) is 2. The Morgan fingerprint density at radius 3 is 1.81 bits per heavy atom. The van der Waals surface area contributed by atoms with Gasteiger partial charge in [-0.1, -0.05) is 31.9 Å². The van der Waals surface area contributed by atoms with Crippen LogP contribution in [0.2, 0.25) is 0 Å². The van der Waals surface area contributed by atoms with E-state index in [-0.39, 0.29) is 5.56 Å². The first-order chi connectivity index (χ1) is 12.6. The van der Waals surface area contributed by atoms with Crippen LogP contribution in [0.4, 0.5) is 0 Å². The molecule has 0 spiro atoms. The van der Waals surface area contributed by atoms with Crippen LogP contribution < -0.4 is 4.74 Å². The van der Waals surface area contributed by atoms with Crippen molar-refractivity contribution >= 4 is 5.97 Å². The Morgan fingerprint density at radius 1 is 0.885 bits per heavy atom. The SMILES string of the molecule is CC1(c2ccc(Oc3ccc(C(=O)O)cc3)cc2)C2CCCC1CCC2. The molecule has 2 bridgehead atoms. The Bertz CT molecular complexity index is 754. The van der Waals surface area contributed by atoms with Gasteiger partial charge in [-0.05, 0) is 84.9 Å². The molecule has 3 nitrogen and oxygen atoms in total. The van der Waals surface area contributed by atoms with E-state index in [4.69, 9.17) is 9.84 Å². The Kier molecular flexibility index (Phi) is 4.47. The molecule has 0 amide bonds. The van der Waals surface area contributed by atoms with E-state index < -0.39 is 5.97 Å². The van der Waals surface area contributed by atoms with E-state index in [1.165, 1.54) is 44.1 Å². The second-order valence-corrected chi connectivity index (χ2v) is 7.99. The molecule has 2 saturated carbocycles. The Hall–Kier alpha value is -2.29. The molecule has 0 heterocycles. The third-order valence-electron chi connectivity index (χ3n) is 6.72. The Labute approximate surface area is 155 Å². The molecular weight excluding hydrogens is 324 g/mol. The minimum absolute atomic E-state index is 0.268. The predicted molar refractivity (Wildman–Crippen MR) is 102 cm³/mol. The molecule has 2 aromatic rings. The maximum atomic E-state index is 10.9. The van der Waals surface area contributed by atoms with Crippen molar-refractivity contribution in [3.8, 4) is 11.5 Å². The van der Waals surface area contributed by atoms with Crippen LogP contribution in [0.5, 0.6) is 11.5 Å². The fourth-order valence-corrected chi connectivity index (χ4v) is 5.20. The van der Waals surface area contributed by atoms with Crippen LogP contribution in [-0.2, 0) is 5.41 Å². The summed E-state index contributed by atoms with van der Waals surface area (Å²) in [4.78, 5) is 10.9. The van der Waals surface area contributed by atoms with Crippen molar-refractivity contribution < 1.29 is 14.6 Å². The molecule has 136 valence electrons. The number of rotatable bonds is 4. The lowest BCUT2D eigenvalue weighted by Gasteiger charge is -2.52. The quantitative estimate of drug-likeness (QED) is 0.732. The van der Waals surface area contributed by atoms with E-state index in [1.807, 2.05) is 0 Å². The summed E-state index contributed by atoms with van der Waals surface area (Å²) in [6.45, 7) is 2.47. The fourth-order valence-electron chi connectivity index (χ4n) is 5.20. The van der Waals surface area contributed by atoms with E-state index in [9.17, 15) is 4.79 Å². The fraction of sp³-hybridized carbons (Fsp3) is 0.435. The maximum Gasteiger partial charge on any atom is 0.335 e. The first-order valence-corrected chi connectivity index (χ1v) is 9.69. The van der Waals surface area contributed by atoms with Gasteiger partial charge in [0.15, 0.2) is 0 Å². The highest BCUT2D eigenvalue weighted by Gasteiger charge is 2.46. The maximum absolute atomic E-state index is 10.9. The molecule has 0 radical (unpaired) electrons. The molecule has 3 heteroatoms. The zero-order valence-electron chi connectivity index (χ0n) is 15.3. The first-order valence-electron chi connectivity index (χ1n) is 9.69. The molecule has 2 fully saturated rings. The van der Waals surface area contributed by atoms with Crippen molar-refractivity contribution in [2.45, 2.75) is 50.9 Å². The lowest BCUT2D eigenvalue weighted by molar-refractivity contribution is 0.0666. The summed E-state index contributed by atoms with van der Waals surface area (Å²) in [5, 5.41) is 8.97. The highest BCUT2D eigenvalue weighted by atomic mass is 16.5. The third kappa shape index (κ3) is 3.00. The number of aromatic carboxylic acids is 1. The van der Waals surface area contributed by atoms with Crippen LogP contribution in [-0.4, -0.2) is 11.1 Å². The van der Waals surface area contributed by atoms with Crippen LogP contribution in [0.3, 0.4) is 0 Å². The summed E-state index contributed by atoms with van der Waals surface area (Å²) in [6, 6.07) is 15.1. The zero-order chi connectivity index (χ0) is 18.1. The summed E-state index contributed by atoms with van der Waals surface area (Å²) in [6.07, 6.45) is 8.22. The zero-order valence-corrected chi connectivity index (χ0v) is 15.3. The van der Waals surface area contributed by atoms with Gasteiger partial charge in [0.25, 0.3) is 0 Å². The van der Waals surface area contributed by atoms with Gasteiger partial charge in [-0.2, -0.15) is 0 Å². The topological polar surface area (TPSA) is 46.5 Å². The van der Waals surface area contributed by atoms with Crippen molar-refractivity contribution in [2.75, 3.05) is 0 Å². The number of carboxylic acids is 1. The van der Waals surface area contributed by atoms with Crippen LogP contribution in [0.25, 0.3) is 0 Å². The second-order valence-electron chi connectivity index (χ2n) is 7.99. The van der Waals surface area contributed by atoms with Gasteiger partial charge in [-0.15, -0.1) is 0 Å². The number of carboxylic acid groups (broad SMARTS) is 1. The molecule has 0 atom stereocenters. The second kappa shape index (κ2) is 6.79. The van der Waals surface area contributed by atoms with E-state index in [0.717, 1.165) is 17.6 Å². The minimum atomic E-state index is -0.924. The molecule has 1 N–H and O–H groups in total. The van der Waals surface area contributed by atoms with E-state index >= 15 is 0 Å². The van der Waals surface area contributed by atoms with Crippen molar-refractivity contribution in [1.82, 2.24) is 0 Å². The summed E-state index contributed by atoms with van der Waals surface area (Å²) in [5.74, 6) is 2.15. The van der Waals surface area contributed by atoms with Crippen molar-refractivity contribution in [1.29, 1.82) is 0 Å². The smallest absolute Gasteiger partial charge is 0.335 e. The molecule has 2 aromatic carbocycles. The van der Waals surface area contributed by atoms with Gasteiger partial charge in [-0.3, -0.25) is 0 Å². The number of fused-ring (bicyclic) bond motifs is 2. The van der Waals surface area contributed by atoms with Gasteiger partial charge in [-0.25, -0.2) is 4.79 Å². The molecule has 2 aliphatic carbocycles. The average molecular weight is 350 g/mol. The molecule has 0 unspecified atom stereocenters. The van der Waals surface area contributed by atoms with Gasteiger partial charge in [0.1, 0.15) is 11.5 Å². The molecule has 26 heavy (non-hydrogen) atoms. The molecule has 0 aliphatic heterocycles. The largest absolute Gasteiger partial charge is 0.478 e. The third-order valence-corrected chi connectivity index (χ3v) is 6.72. The highest BCUT2D eigenvalue weighted by Crippen LogP contribution is 2.54. The van der Waals surface area contributed by atoms with Crippen LogP contribution in [0.15, 0.2) is 48.5 Å². The van der Waals surface area contributed by atoms with E-state index in [0.29, 0.717) is 11.2 Å². The number of carbonyl (C=O) groups is 1. The summed E-state index contributed by atoms with van der Waals surface area (Å²) in [5.41, 5.74) is 2.02. The van der Waals surface area contributed by atoms with Crippen LogP contribution in [0.1, 0.15) is 61.4 Å². The van der Waals surface area contributed by atoms with Gasteiger partial charge >= 0.3 is 5.97 Å². The molecule has 0 aromatic heterocycles. The average Bonchev–Trinajstić information content (AvgIpc) is 2.62. The number of benzene rings is 2. The first kappa shape index (κ1) is 17.1. The monoisotopic (exact) mass is 350 g/mol. The standard InChI is InChI=1S/C23H26O3/c1-23(17-4-2-5-18(23)7-3-6-17)19-10-14-21(15-11-19)26-20-12-8-16(9-13-20)22(24)25/h8-15,17-18H,2-7H2,1H3,(H,24,25). The molecule has 0 saturated heterocycles. The van der Waals surface area contributed by atoms with E-state index in [1.54, 1.807) is 24.3 Å². The van der Waals surface area contributed by atoms with Crippen molar-refractivity contribution in [3.63, 3.8) is 0 Å². The van der Waals surface area contributed by atoms with Gasteiger partial charge in [0.2, 0.25) is 0 Å². The molecule has 2 aliphatic rings. The van der Waals surface area contributed by atoms with E-state index in [2.05, 4.69) is 31.2 Å². The van der Waals surface area contributed by atoms with Gasteiger partial charge in [0.05, 0.1) is 5.56 Å². The Balaban J connectivity index is 1.52. The Morgan fingerprint density at radius 2 is 1.35 bits per heavy atom. The number of ether oxygens (including phenoxy) is 1. The van der Waals surface area contributed by atoms with Crippen LogP contribution in [0, 0.1) is 11.8 Å². The van der Waals surface area contributed by atoms with Crippen molar-refractivity contribution in [2.24, 2.45) is 11.8 Å². The van der Waals surface area contributed by atoms with Gasteiger partial charge in [0, 0.05) is 0 Å². The molecule has 4 rings (SSSR count). The lowest BCUT2D eigenvalue weighted by Crippen LogP contribution is -2.45. The normalized spacial score (nSPS) is 27.7. The number of hydrogen-bond donors (Lipinski definition) is 1. The minimum Gasteiger partial charge on any atom is -0.478 e. The lowest BCUT2D eigenvalue weighted by atomic mass is 9.53. The van der Waals surface area contributed by atoms with Crippen molar-refractivity contribution in [3.05, 3.63) is 59.7 Å². The van der Waals surface area contributed by atoms with Gasteiger partial charge < -0.3 is 9.84 Å².